The summed E-state index contributed by atoms with van der Waals surface area (Å²) in [5.74, 6) is -1.27. The molecule has 0 aliphatic carbocycles. The van der Waals surface area contributed by atoms with E-state index in [1.165, 1.54) is 0 Å². The summed E-state index contributed by atoms with van der Waals surface area (Å²) in [6.07, 6.45) is 3.82. The average Bonchev–Trinajstić information content (AvgIpc) is 2.12. The van der Waals surface area contributed by atoms with Crippen LogP contribution in [0.2, 0.25) is 0 Å². The van der Waals surface area contributed by atoms with E-state index in [4.69, 9.17) is 5.11 Å². The highest BCUT2D eigenvalue weighted by atomic mass is 16.4. The highest BCUT2D eigenvalue weighted by molar-refractivity contribution is 5.75. The van der Waals surface area contributed by atoms with Crippen LogP contribution >= 0.6 is 0 Å². The van der Waals surface area contributed by atoms with E-state index < -0.39 is 11.9 Å². The largest absolute Gasteiger partial charge is 0.481 e. The molecule has 0 rings (SSSR count). The first kappa shape index (κ1) is 11.7. The molecule has 0 fully saturated rings. The molecule has 0 aliphatic rings. The van der Waals surface area contributed by atoms with E-state index >= 15 is 0 Å². The Morgan fingerprint density at radius 2 is 2.00 bits per heavy atom. The van der Waals surface area contributed by atoms with Crippen LogP contribution in [0, 0.1) is 5.92 Å². The predicted molar refractivity (Wildman–Crippen MR) is 54.5 cm³/mol. The van der Waals surface area contributed by atoms with Crippen molar-refractivity contribution in [2.75, 3.05) is 0 Å². The summed E-state index contributed by atoms with van der Waals surface area (Å²) in [5.41, 5.74) is 1.63. The first-order valence-electron chi connectivity index (χ1n) is 4.26. The van der Waals surface area contributed by atoms with Crippen molar-refractivity contribution in [2.24, 2.45) is 5.92 Å². The molecule has 1 unspecified atom stereocenters. The molecule has 0 aromatic carbocycles. The molecule has 0 heterocycles. The van der Waals surface area contributed by atoms with E-state index in [-0.39, 0.29) is 0 Å². The van der Waals surface area contributed by atoms with Crippen molar-refractivity contribution < 1.29 is 9.90 Å². The van der Waals surface area contributed by atoms with E-state index in [0.717, 1.165) is 11.1 Å². The number of carbonyl (C=O) groups is 1. The molecule has 0 saturated carbocycles. The number of hydrogen-bond acceptors (Lipinski definition) is 1. The quantitative estimate of drug-likeness (QED) is 0.660. The Morgan fingerprint density at radius 1 is 1.46 bits per heavy atom. The van der Waals surface area contributed by atoms with Gasteiger partial charge in [0.15, 0.2) is 0 Å². The van der Waals surface area contributed by atoms with Crippen LogP contribution in [0.3, 0.4) is 0 Å². The second-order valence-electron chi connectivity index (χ2n) is 2.85. The molecule has 1 N–H and O–H groups in total. The van der Waals surface area contributed by atoms with E-state index in [2.05, 4.69) is 13.2 Å². The van der Waals surface area contributed by atoms with Crippen LogP contribution in [0.25, 0.3) is 0 Å². The average molecular weight is 180 g/mol. The van der Waals surface area contributed by atoms with E-state index in [0.29, 0.717) is 6.42 Å². The number of rotatable bonds is 5. The molecule has 13 heavy (non-hydrogen) atoms. The molecule has 0 aromatic rings. The van der Waals surface area contributed by atoms with Crippen LogP contribution in [0.1, 0.15) is 20.3 Å². The molecule has 0 aromatic heterocycles. The van der Waals surface area contributed by atoms with Crippen molar-refractivity contribution in [3.8, 4) is 0 Å². The standard InChI is InChI=1S/C11H16O2/c1-5-8(4)9(6-2)10(7-3)11(12)13/h5-6,10H,1-2,7H2,3-4H3,(H,12,13)/b9-8+. The van der Waals surface area contributed by atoms with Gasteiger partial charge in [0.1, 0.15) is 0 Å². The Bertz CT molecular complexity index is 249. The van der Waals surface area contributed by atoms with Crippen LogP contribution < -0.4 is 0 Å². The molecule has 72 valence electrons. The first-order valence-corrected chi connectivity index (χ1v) is 4.26. The van der Waals surface area contributed by atoms with Gasteiger partial charge >= 0.3 is 5.97 Å². The van der Waals surface area contributed by atoms with Crippen LogP contribution in [0.4, 0.5) is 0 Å². The third-order valence-corrected chi connectivity index (χ3v) is 2.06. The zero-order valence-corrected chi connectivity index (χ0v) is 8.21. The van der Waals surface area contributed by atoms with Crippen LogP contribution in [0.15, 0.2) is 36.5 Å². The van der Waals surface area contributed by atoms with E-state index in [1.54, 1.807) is 12.2 Å². The second kappa shape index (κ2) is 5.36. The lowest BCUT2D eigenvalue weighted by Gasteiger charge is -2.12. The van der Waals surface area contributed by atoms with Crippen molar-refractivity contribution in [1.82, 2.24) is 0 Å². The Morgan fingerprint density at radius 3 is 2.23 bits per heavy atom. The smallest absolute Gasteiger partial charge is 0.310 e. The Labute approximate surface area is 79.3 Å². The molecule has 2 nitrogen and oxygen atoms in total. The van der Waals surface area contributed by atoms with E-state index in [9.17, 15) is 4.79 Å². The third-order valence-electron chi connectivity index (χ3n) is 2.06. The van der Waals surface area contributed by atoms with Gasteiger partial charge in [-0.3, -0.25) is 4.79 Å². The minimum Gasteiger partial charge on any atom is -0.481 e. The topological polar surface area (TPSA) is 37.3 Å². The molecule has 1 atom stereocenters. The van der Waals surface area contributed by atoms with Crippen molar-refractivity contribution in [1.29, 1.82) is 0 Å². The maximum absolute atomic E-state index is 10.8. The molecule has 0 bridgehead atoms. The highest BCUT2D eigenvalue weighted by Gasteiger charge is 2.18. The van der Waals surface area contributed by atoms with Gasteiger partial charge in [0.05, 0.1) is 5.92 Å². The van der Waals surface area contributed by atoms with Gasteiger partial charge in [-0.1, -0.05) is 32.2 Å². The molecule has 0 radical (unpaired) electrons. The van der Waals surface area contributed by atoms with Crippen LogP contribution in [-0.2, 0) is 4.79 Å². The number of hydrogen-bond donors (Lipinski definition) is 1. The highest BCUT2D eigenvalue weighted by Crippen LogP contribution is 2.20. The Kier molecular flexibility index (Phi) is 4.82. The van der Waals surface area contributed by atoms with Gasteiger partial charge in [0.2, 0.25) is 0 Å². The molecule has 0 aliphatic heterocycles. The van der Waals surface area contributed by atoms with E-state index in [1.807, 2.05) is 13.8 Å². The minimum absolute atomic E-state index is 0.463. The lowest BCUT2D eigenvalue weighted by molar-refractivity contribution is -0.140. The minimum atomic E-state index is -0.807. The Balaban J connectivity index is 5.05. The maximum Gasteiger partial charge on any atom is 0.310 e. The van der Waals surface area contributed by atoms with Crippen molar-refractivity contribution >= 4 is 5.97 Å². The number of allylic oxidation sites excluding steroid dienone is 3. The molecule has 2 heteroatoms. The molecular formula is C11H16O2. The first-order chi connectivity index (χ1) is 6.08. The van der Waals surface area contributed by atoms with Gasteiger partial charge in [-0.25, -0.2) is 0 Å². The number of carboxylic acid groups (broad SMARTS) is 1. The lowest BCUT2D eigenvalue weighted by atomic mass is 9.92. The van der Waals surface area contributed by atoms with Crippen molar-refractivity contribution in [3.63, 3.8) is 0 Å². The van der Waals surface area contributed by atoms with Gasteiger partial charge in [-0.15, -0.1) is 0 Å². The zero-order chi connectivity index (χ0) is 10.4. The lowest BCUT2D eigenvalue weighted by Crippen LogP contribution is -2.15. The Hall–Kier alpha value is -1.31. The summed E-state index contributed by atoms with van der Waals surface area (Å²) in [4.78, 5) is 10.8. The monoisotopic (exact) mass is 180 g/mol. The number of carboxylic acids is 1. The van der Waals surface area contributed by atoms with Gasteiger partial charge < -0.3 is 5.11 Å². The second-order valence-corrected chi connectivity index (χ2v) is 2.85. The fraction of sp³-hybridized carbons (Fsp3) is 0.364. The van der Waals surface area contributed by atoms with Crippen LogP contribution in [-0.4, -0.2) is 11.1 Å². The van der Waals surface area contributed by atoms with Gasteiger partial charge in [-0.05, 0) is 24.5 Å². The summed E-state index contributed by atoms with van der Waals surface area (Å²) in [7, 11) is 0. The summed E-state index contributed by atoms with van der Waals surface area (Å²) in [5, 5.41) is 8.90. The van der Waals surface area contributed by atoms with Gasteiger partial charge in [-0.2, -0.15) is 0 Å². The predicted octanol–water partition coefficient (Wildman–Crippen LogP) is 2.79. The SMILES string of the molecule is C=C/C(C)=C(\C=C)C(CC)C(=O)O. The fourth-order valence-corrected chi connectivity index (χ4v) is 1.22. The number of aliphatic carboxylic acids is 1. The molecular weight excluding hydrogens is 164 g/mol. The fourth-order valence-electron chi connectivity index (χ4n) is 1.22. The van der Waals surface area contributed by atoms with Crippen LogP contribution in [0.5, 0.6) is 0 Å². The third kappa shape index (κ3) is 2.90. The molecule has 0 saturated heterocycles. The zero-order valence-electron chi connectivity index (χ0n) is 8.21. The van der Waals surface area contributed by atoms with Gasteiger partial charge in [0.25, 0.3) is 0 Å². The molecule has 0 spiro atoms. The van der Waals surface area contributed by atoms with Crippen molar-refractivity contribution in [2.45, 2.75) is 20.3 Å². The summed E-state index contributed by atoms with van der Waals surface area (Å²) < 4.78 is 0. The molecule has 0 amide bonds. The normalized spacial score (nSPS) is 14.3. The maximum atomic E-state index is 10.8. The van der Waals surface area contributed by atoms with Gasteiger partial charge in [0, 0.05) is 0 Å². The summed E-state index contributed by atoms with van der Waals surface area (Å²) in [6.45, 7) is 10.9. The summed E-state index contributed by atoms with van der Waals surface area (Å²) in [6, 6.07) is 0. The summed E-state index contributed by atoms with van der Waals surface area (Å²) >= 11 is 0. The van der Waals surface area contributed by atoms with Crippen molar-refractivity contribution in [3.05, 3.63) is 36.5 Å².